The van der Waals surface area contributed by atoms with Gasteiger partial charge in [-0.3, -0.25) is 0 Å². The summed E-state index contributed by atoms with van der Waals surface area (Å²) in [4.78, 5) is 0. The van der Waals surface area contributed by atoms with Gasteiger partial charge in [-0.1, -0.05) is 6.07 Å². The summed E-state index contributed by atoms with van der Waals surface area (Å²) in [6.07, 6.45) is 2.78. The summed E-state index contributed by atoms with van der Waals surface area (Å²) in [7, 11) is 1.63. The molecule has 4 nitrogen and oxygen atoms in total. The van der Waals surface area contributed by atoms with E-state index in [1.807, 2.05) is 39.0 Å². The lowest BCUT2D eigenvalue weighted by Crippen LogP contribution is -2.09. The third-order valence-corrected chi connectivity index (χ3v) is 3.47. The van der Waals surface area contributed by atoms with Gasteiger partial charge in [-0.15, -0.1) is 0 Å². The summed E-state index contributed by atoms with van der Waals surface area (Å²) in [5.74, 6) is 1.45. The highest BCUT2D eigenvalue weighted by atomic mass is 16.5. The lowest BCUT2D eigenvalue weighted by Gasteiger charge is -2.15. The Morgan fingerprint density at radius 3 is 2.57 bits per heavy atom. The lowest BCUT2D eigenvalue weighted by molar-refractivity contribution is 0.278. The van der Waals surface area contributed by atoms with Gasteiger partial charge in [0.2, 0.25) is 0 Å². The molecule has 0 aromatic heterocycles. The van der Waals surface area contributed by atoms with Gasteiger partial charge in [0.05, 0.1) is 25.2 Å². The molecule has 0 saturated heterocycles. The first kappa shape index (κ1) is 17.3. The fraction of sp³-hybridized carbons (Fsp3) is 0.588. The zero-order valence-corrected chi connectivity index (χ0v) is 13.5. The van der Waals surface area contributed by atoms with E-state index in [1.54, 1.807) is 7.11 Å². The molecule has 0 amide bonds. The molecule has 1 rings (SSSR count). The molecule has 0 heterocycles. The van der Waals surface area contributed by atoms with Gasteiger partial charge in [-0.05, 0) is 57.7 Å². The van der Waals surface area contributed by atoms with Crippen LogP contribution in [0.5, 0.6) is 11.5 Å². The fourth-order valence-corrected chi connectivity index (χ4v) is 1.99. The van der Waals surface area contributed by atoms with Crippen molar-refractivity contribution < 1.29 is 9.47 Å². The maximum Gasteiger partial charge on any atom is 0.161 e. The molecule has 0 aliphatic rings. The predicted molar refractivity (Wildman–Crippen MR) is 84.3 cm³/mol. The normalized spacial score (nSPS) is 12.6. The second kappa shape index (κ2) is 7.90. The molecule has 116 valence electrons. The van der Waals surface area contributed by atoms with Crippen LogP contribution in [0.4, 0.5) is 0 Å². The molecule has 1 aromatic rings. The molecule has 0 saturated carbocycles. The van der Waals surface area contributed by atoms with Gasteiger partial charge in [0.1, 0.15) is 0 Å². The molecule has 0 bridgehead atoms. The third-order valence-electron chi connectivity index (χ3n) is 3.47. The molecule has 1 atom stereocenters. The van der Waals surface area contributed by atoms with Gasteiger partial charge in [0.15, 0.2) is 11.5 Å². The van der Waals surface area contributed by atoms with Crippen molar-refractivity contribution in [2.75, 3.05) is 13.7 Å². The van der Waals surface area contributed by atoms with Crippen LogP contribution in [-0.2, 0) is 0 Å². The van der Waals surface area contributed by atoms with E-state index in [9.17, 15) is 0 Å². The molecule has 0 radical (unpaired) electrons. The number of nitrogens with two attached hydrogens (primary N) is 1. The monoisotopic (exact) mass is 290 g/mol. The summed E-state index contributed by atoms with van der Waals surface area (Å²) in [6, 6.07) is 8.06. The van der Waals surface area contributed by atoms with Gasteiger partial charge in [0.25, 0.3) is 0 Å². The van der Waals surface area contributed by atoms with Gasteiger partial charge in [-0.2, -0.15) is 5.26 Å². The Labute approximate surface area is 127 Å². The van der Waals surface area contributed by atoms with Crippen LogP contribution >= 0.6 is 0 Å². The second-order valence-corrected chi connectivity index (χ2v) is 6.00. The van der Waals surface area contributed by atoms with Gasteiger partial charge in [-0.25, -0.2) is 0 Å². The lowest BCUT2D eigenvalue weighted by atomic mass is 9.89. The van der Waals surface area contributed by atoms with E-state index in [1.165, 1.54) is 0 Å². The van der Waals surface area contributed by atoms with Gasteiger partial charge < -0.3 is 15.2 Å². The minimum atomic E-state index is -0.253. The zero-order valence-electron chi connectivity index (χ0n) is 13.5. The average molecular weight is 290 g/mol. The zero-order chi connectivity index (χ0) is 15.9. The highest BCUT2D eigenvalue weighted by Gasteiger charge is 2.15. The molecule has 0 aliphatic carbocycles. The van der Waals surface area contributed by atoms with Crippen molar-refractivity contribution in [3.63, 3.8) is 0 Å². The Balaban J connectivity index is 2.47. The maximum absolute atomic E-state index is 8.96. The van der Waals surface area contributed by atoms with Crippen LogP contribution in [0.25, 0.3) is 0 Å². The number of unbranched alkanes of at least 4 members (excludes halogenated alkanes) is 1. The highest BCUT2D eigenvalue weighted by molar-refractivity contribution is 5.43. The Kier molecular flexibility index (Phi) is 6.51. The Morgan fingerprint density at radius 1 is 1.29 bits per heavy atom. The Bertz CT molecular complexity index is 490. The van der Waals surface area contributed by atoms with Crippen molar-refractivity contribution in [2.24, 2.45) is 11.1 Å². The minimum Gasteiger partial charge on any atom is -0.493 e. The van der Waals surface area contributed by atoms with Crippen molar-refractivity contribution in [3.8, 4) is 17.6 Å². The Morgan fingerprint density at radius 2 is 2.00 bits per heavy atom. The number of nitrogens with zero attached hydrogens (tertiary/aromatic N) is 1. The number of hydrogen-bond acceptors (Lipinski definition) is 4. The van der Waals surface area contributed by atoms with Crippen molar-refractivity contribution >= 4 is 0 Å². The van der Waals surface area contributed by atoms with E-state index in [-0.39, 0.29) is 11.5 Å². The number of hydrogen-bond donors (Lipinski definition) is 1. The van der Waals surface area contributed by atoms with Crippen LogP contribution in [0.1, 0.15) is 51.6 Å². The highest BCUT2D eigenvalue weighted by Crippen LogP contribution is 2.30. The Hall–Kier alpha value is -1.73. The van der Waals surface area contributed by atoms with Gasteiger partial charge in [0, 0.05) is 6.04 Å². The second-order valence-electron chi connectivity index (χ2n) is 6.00. The largest absolute Gasteiger partial charge is 0.493 e. The van der Waals surface area contributed by atoms with E-state index in [2.05, 4.69) is 6.07 Å². The first-order valence-corrected chi connectivity index (χ1v) is 7.37. The van der Waals surface area contributed by atoms with E-state index in [4.69, 9.17) is 20.5 Å². The summed E-state index contributed by atoms with van der Waals surface area (Å²) >= 11 is 0. The molecule has 0 aliphatic heterocycles. The van der Waals surface area contributed by atoms with E-state index in [0.717, 1.165) is 30.6 Å². The van der Waals surface area contributed by atoms with Gasteiger partial charge >= 0.3 is 0 Å². The topological polar surface area (TPSA) is 68.3 Å². The molecule has 2 N–H and O–H groups in total. The summed E-state index contributed by atoms with van der Waals surface area (Å²) < 4.78 is 11.1. The van der Waals surface area contributed by atoms with Crippen LogP contribution in [0.3, 0.4) is 0 Å². The quantitative estimate of drug-likeness (QED) is 0.739. The number of rotatable bonds is 8. The molecule has 21 heavy (non-hydrogen) atoms. The minimum absolute atomic E-state index is 0.0267. The van der Waals surface area contributed by atoms with Crippen LogP contribution < -0.4 is 15.2 Å². The third kappa shape index (κ3) is 5.65. The van der Waals surface area contributed by atoms with E-state index in [0.29, 0.717) is 12.4 Å². The van der Waals surface area contributed by atoms with Crippen LogP contribution in [0.15, 0.2) is 18.2 Å². The molecule has 1 aromatic carbocycles. The van der Waals surface area contributed by atoms with Crippen molar-refractivity contribution in [3.05, 3.63) is 23.8 Å². The first-order chi connectivity index (χ1) is 9.89. The SMILES string of the molecule is COc1cc([C@H](C)N)ccc1OCCCCC(C)(C)C#N. The van der Waals surface area contributed by atoms with Crippen molar-refractivity contribution in [2.45, 2.75) is 46.1 Å². The van der Waals surface area contributed by atoms with Crippen LogP contribution in [0.2, 0.25) is 0 Å². The number of nitriles is 1. The molecule has 0 spiro atoms. The van der Waals surface area contributed by atoms with Crippen molar-refractivity contribution in [1.82, 2.24) is 0 Å². The maximum atomic E-state index is 8.96. The fourth-order valence-electron chi connectivity index (χ4n) is 1.99. The summed E-state index contributed by atoms with van der Waals surface area (Å²) in [5, 5.41) is 8.96. The number of ether oxygens (including phenoxy) is 2. The van der Waals surface area contributed by atoms with Crippen LogP contribution in [-0.4, -0.2) is 13.7 Å². The van der Waals surface area contributed by atoms with Crippen LogP contribution in [0, 0.1) is 16.7 Å². The smallest absolute Gasteiger partial charge is 0.161 e. The molecule has 4 heteroatoms. The molecule has 0 unspecified atom stereocenters. The molecular weight excluding hydrogens is 264 g/mol. The molecule has 0 fully saturated rings. The first-order valence-electron chi connectivity index (χ1n) is 7.37. The van der Waals surface area contributed by atoms with E-state index >= 15 is 0 Å². The standard InChI is InChI=1S/C17H26N2O2/c1-13(19)14-7-8-15(16(11-14)20-4)21-10-6-5-9-17(2,3)12-18/h7-8,11,13H,5-6,9-10,19H2,1-4H3/t13-/m0/s1. The van der Waals surface area contributed by atoms with Crippen molar-refractivity contribution in [1.29, 1.82) is 5.26 Å². The van der Waals surface area contributed by atoms with E-state index < -0.39 is 0 Å². The summed E-state index contributed by atoms with van der Waals surface area (Å²) in [5.41, 5.74) is 6.63. The molecular formula is C17H26N2O2. The summed E-state index contributed by atoms with van der Waals surface area (Å²) in [6.45, 7) is 6.48. The average Bonchev–Trinajstić information content (AvgIpc) is 2.46. The number of methoxy groups -OCH3 is 1. The predicted octanol–water partition coefficient (Wildman–Crippen LogP) is 3.81. The number of benzene rings is 1.